The second-order valence-electron chi connectivity index (χ2n) is 10.8. The molecule has 8 nitrogen and oxygen atoms in total. The lowest BCUT2D eigenvalue weighted by atomic mass is 9.66. The summed E-state index contributed by atoms with van der Waals surface area (Å²) < 4.78 is 12.3. The van der Waals surface area contributed by atoms with E-state index in [0.29, 0.717) is 38.8 Å². The molecule has 3 heterocycles. The summed E-state index contributed by atoms with van der Waals surface area (Å²) in [6.07, 6.45) is 7.32. The predicted molar refractivity (Wildman–Crippen MR) is 143 cm³/mol. The van der Waals surface area contributed by atoms with Gasteiger partial charge in [0.15, 0.2) is 0 Å². The van der Waals surface area contributed by atoms with Crippen LogP contribution in [0.1, 0.15) is 51.0 Å². The Morgan fingerprint density at radius 3 is 2.63 bits per heavy atom. The SMILES string of the molecule is C=CCCCCOC(=O)[C@H]1[C@H]2C(=O)N(CCCO)C(C(=O)N(CC=C)Cc3ccccc3)C23CC[C@]1(C)O3. The Labute approximate surface area is 225 Å². The molecule has 1 spiro atoms. The van der Waals surface area contributed by atoms with Crippen molar-refractivity contribution in [3.8, 4) is 0 Å². The molecule has 0 saturated carbocycles. The quantitative estimate of drug-likeness (QED) is 0.228. The van der Waals surface area contributed by atoms with Crippen LogP contribution in [0.25, 0.3) is 0 Å². The molecule has 38 heavy (non-hydrogen) atoms. The lowest BCUT2D eigenvalue weighted by Gasteiger charge is -2.36. The molecule has 206 valence electrons. The molecule has 2 amide bonds. The summed E-state index contributed by atoms with van der Waals surface area (Å²) in [7, 11) is 0. The Bertz CT molecular complexity index is 1040. The van der Waals surface area contributed by atoms with Crippen LogP contribution in [0.2, 0.25) is 0 Å². The Morgan fingerprint density at radius 1 is 1.18 bits per heavy atom. The average molecular weight is 525 g/mol. The topological polar surface area (TPSA) is 96.4 Å². The molecule has 1 aromatic carbocycles. The molecule has 0 aromatic heterocycles. The summed E-state index contributed by atoms with van der Waals surface area (Å²) in [6, 6.07) is 8.78. The number of carbonyl (C=O) groups is 3. The summed E-state index contributed by atoms with van der Waals surface area (Å²) in [6.45, 7) is 10.4. The second kappa shape index (κ2) is 11.8. The molecule has 2 unspecified atom stereocenters. The number of esters is 1. The van der Waals surface area contributed by atoms with E-state index in [1.165, 1.54) is 0 Å². The number of likely N-dealkylation sites (tertiary alicyclic amines) is 1. The third kappa shape index (κ3) is 5.04. The van der Waals surface area contributed by atoms with E-state index in [1.807, 2.05) is 43.3 Å². The summed E-state index contributed by atoms with van der Waals surface area (Å²) in [5.74, 6) is -2.51. The fourth-order valence-corrected chi connectivity index (χ4v) is 6.56. The summed E-state index contributed by atoms with van der Waals surface area (Å²) in [4.78, 5) is 44.8. The van der Waals surface area contributed by atoms with Crippen LogP contribution in [0, 0.1) is 11.8 Å². The van der Waals surface area contributed by atoms with Gasteiger partial charge in [0.25, 0.3) is 0 Å². The smallest absolute Gasteiger partial charge is 0.312 e. The van der Waals surface area contributed by atoms with Crippen molar-refractivity contribution in [3.05, 3.63) is 61.2 Å². The van der Waals surface area contributed by atoms with Gasteiger partial charge >= 0.3 is 5.97 Å². The molecule has 0 aliphatic carbocycles. The molecule has 3 aliphatic rings. The van der Waals surface area contributed by atoms with Crippen molar-refractivity contribution in [1.82, 2.24) is 9.80 Å². The van der Waals surface area contributed by atoms with E-state index in [-0.39, 0.29) is 31.6 Å². The second-order valence-corrected chi connectivity index (χ2v) is 10.8. The zero-order chi connectivity index (χ0) is 27.3. The maximum Gasteiger partial charge on any atom is 0.312 e. The van der Waals surface area contributed by atoms with Crippen molar-refractivity contribution in [1.29, 1.82) is 0 Å². The highest BCUT2D eigenvalue weighted by atomic mass is 16.6. The van der Waals surface area contributed by atoms with E-state index in [0.717, 1.165) is 18.4 Å². The number of aliphatic hydroxyl groups excluding tert-OH is 1. The van der Waals surface area contributed by atoms with Crippen LogP contribution in [0.5, 0.6) is 0 Å². The first-order chi connectivity index (χ1) is 18.3. The van der Waals surface area contributed by atoms with Gasteiger partial charge in [-0.05, 0) is 51.0 Å². The minimum atomic E-state index is -1.11. The van der Waals surface area contributed by atoms with E-state index in [9.17, 15) is 19.5 Å². The number of amides is 2. The molecule has 1 aromatic rings. The summed E-state index contributed by atoms with van der Waals surface area (Å²) in [5, 5.41) is 9.54. The Morgan fingerprint density at radius 2 is 1.95 bits per heavy atom. The van der Waals surface area contributed by atoms with Crippen LogP contribution < -0.4 is 0 Å². The van der Waals surface area contributed by atoms with Gasteiger partial charge in [-0.2, -0.15) is 0 Å². The first-order valence-corrected chi connectivity index (χ1v) is 13.7. The maximum atomic E-state index is 14.3. The van der Waals surface area contributed by atoms with Crippen molar-refractivity contribution in [2.24, 2.45) is 11.8 Å². The molecule has 3 saturated heterocycles. The zero-order valence-corrected chi connectivity index (χ0v) is 22.3. The van der Waals surface area contributed by atoms with Gasteiger partial charge in [0.05, 0.1) is 18.1 Å². The standard InChI is InChI=1S/C30H40N2O6/c1-4-6-7-11-20-37-28(36)24-23-26(34)32(18-12-19-33)25(30(23)16-15-29(24,3)38-30)27(35)31(17-5-2)21-22-13-9-8-10-14-22/h4-5,8-10,13-14,23-25,33H,1-2,6-7,11-12,15-21H2,3H3/t23-,24+,25?,29-,30?/m0/s1. The highest BCUT2D eigenvalue weighted by Gasteiger charge is 2.78. The number of unbranched alkanes of at least 4 members (excludes halogenated alkanes) is 2. The van der Waals surface area contributed by atoms with Crippen molar-refractivity contribution < 1.29 is 29.0 Å². The van der Waals surface area contributed by atoms with Crippen LogP contribution in [-0.4, -0.2) is 76.2 Å². The van der Waals surface area contributed by atoms with Crippen molar-refractivity contribution in [2.75, 3.05) is 26.3 Å². The maximum absolute atomic E-state index is 14.3. The third-order valence-corrected chi connectivity index (χ3v) is 8.25. The molecule has 4 rings (SSSR count). The van der Waals surface area contributed by atoms with Gasteiger partial charge in [-0.25, -0.2) is 0 Å². The average Bonchev–Trinajstić information content (AvgIpc) is 3.47. The van der Waals surface area contributed by atoms with Crippen LogP contribution in [0.4, 0.5) is 0 Å². The van der Waals surface area contributed by atoms with Gasteiger partial charge in [-0.15, -0.1) is 13.2 Å². The fraction of sp³-hybridized carbons (Fsp3) is 0.567. The van der Waals surface area contributed by atoms with Gasteiger partial charge < -0.3 is 24.4 Å². The normalized spacial score (nSPS) is 29.3. The van der Waals surface area contributed by atoms with Crippen molar-refractivity contribution in [3.63, 3.8) is 0 Å². The number of hydrogen-bond acceptors (Lipinski definition) is 6. The predicted octanol–water partition coefficient (Wildman–Crippen LogP) is 3.25. The Balaban J connectivity index is 1.64. The lowest BCUT2D eigenvalue weighted by molar-refractivity contribution is -0.160. The molecule has 5 atom stereocenters. The third-order valence-electron chi connectivity index (χ3n) is 8.25. The first kappa shape index (κ1) is 28.0. The van der Waals surface area contributed by atoms with Gasteiger partial charge in [-0.1, -0.05) is 42.5 Å². The number of fused-ring (bicyclic) bond motifs is 1. The molecule has 3 fully saturated rings. The molecule has 1 N–H and O–H groups in total. The molecular formula is C30H40N2O6. The van der Waals surface area contributed by atoms with E-state index >= 15 is 0 Å². The number of rotatable bonds is 14. The van der Waals surface area contributed by atoms with Gasteiger partial charge in [0, 0.05) is 26.2 Å². The summed E-state index contributed by atoms with van der Waals surface area (Å²) in [5.41, 5.74) is -1.02. The van der Waals surface area contributed by atoms with E-state index in [1.54, 1.807) is 15.9 Å². The number of ether oxygens (including phenoxy) is 2. The number of benzene rings is 1. The number of carbonyl (C=O) groups excluding carboxylic acids is 3. The molecular weight excluding hydrogens is 484 g/mol. The highest BCUT2D eigenvalue weighted by molar-refractivity contribution is 5.98. The lowest BCUT2D eigenvalue weighted by Crippen LogP contribution is -2.56. The Kier molecular flexibility index (Phi) is 8.73. The van der Waals surface area contributed by atoms with Crippen LogP contribution >= 0.6 is 0 Å². The van der Waals surface area contributed by atoms with Crippen molar-refractivity contribution in [2.45, 2.75) is 69.2 Å². The van der Waals surface area contributed by atoms with E-state index < -0.39 is 35.0 Å². The largest absolute Gasteiger partial charge is 0.465 e. The number of allylic oxidation sites excluding steroid dienone is 1. The van der Waals surface area contributed by atoms with Gasteiger partial charge in [0.1, 0.15) is 17.6 Å². The van der Waals surface area contributed by atoms with E-state index in [2.05, 4.69) is 13.2 Å². The molecule has 3 aliphatic heterocycles. The number of nitrogens with zero attached hydrogens (tertiary/aromatic N) is 2. The van der Waals surface area contributed by atoms with Crippen LogP contribution in [0.15, 0.2) is 55.6 Å². The van der Waals surface area contributed by atoms with Crippen LogP contribution in [0.3, 0.4) is 0 Å². The highest BCUT2D eigenvalue weighted by Crippen LogP contribution is 2.63. The number of aliphatic hydroxyl groups is 1. The van der Waals surface area contributed by atoms with Gasteiger partial charge in [-0.3, -0.25) is 14.4 Å². The van der Waals surface area contributed by atoms with Crippen LogP contribution in [-0.2, 0) is 30.4 Å². The fourth-order valence-electron chi connectivity index (χ4n) is 6.56. The molecule has 0 radical (unpaired) electrons. The molecule has 2 bridgehead atoms. The Hall–Kier alpha value is -2.97. The number of hydrogen-bond donors (Lipinski definition) is 1. The summed E-state index contributed by atoms with van der Waals surface area (Å²) >= 11 is 0. The molecule has 8 heteroatoms. The van der Waals surface area contributed by atoms with E-state index in [4.69, 9.17) is 9.47 Å². The van der Waals surface area contributed by atoms with Gasteiger partial charge in [0.2, 0.25) is 11.8 Å². The van der Waals surface area contributed by atoms with Crippen molar-refractivity contribution >= 4 is 17.8 Å². The first-order valence-electron chi connectivity index (χ1n) is 13.7. The monoisotopic (exact) mass is 524 g/mol. The zero-order valence-electron chi connectivity index (χ0n) is 22.3. The minimum absolute atomic E-state index is 0.114. The minimum Gasteiger partial charge on any atom is -0.465 e.